The molecule has 4 atom stereocenters. The van der Waals surface area contributed by atoms with Crippen molar-refractivity contribution in [3.05, 3.63) is 12.2 Å². The lowest BCUT2D eigenvalue weighted by atomic mass is 9.74. The van der Waals surface area contributed by atoms with E-state index < -0.39 is 22.8 Å². The number of aliphatic carboxylic acids is 2. The smallest absolute Gasteiger partial charge is 0.309 e. The predicted molar refractivity (Wildman–Crippen MR) is 131 cm³/mol. The molecule has 2 fully saturated rings. The van der Waals surface area contributed by atoms with Crippen molar-refractivity contribution >= 4 is 23.5 Å². The molecule has 2 saturated carbocycles. The van der Waals surface area contributed by atoms with E-state index in [4.69, 9.17) is 0 Å². The lowest BCUT2D eigenvalue weighted by Crippen LogP contribution is -2.30. The summed E-state index contributed by atoms with van der Waals surface area (Å²) in [4.78, 5) is 48.7. The Kier molecular flexibility index (Phi) is 10.1. The van der Waals surface area contributed by atoms with E-state index in [1.54, 1.807) is 27.7 Å². The molecule has 4 unspecified atom stereocenters. The van der Waals surface area contributed by atoms with Crippen molar-refractivity contribution in [3.63, 3.8) is 0 Å². The van der Waals surface area contributed by atoms with Crippen LogP contribution in [0, 0.1) is 34.5 Å². The first-order valence-corrected chi connectivity index (χ1v) is 13.1. The van der Waals surface area contributed by atoms with Crippen LogP contribution in [0.5, 0.6) is 0 Å². The van der Waals surface area contributed by atoms with Crippen molar-refractivity contribution in [2.75, 3.05) is 0 Å². The third-order valence-corrected chi connectivity index (χ3v) is 8.11. The second-order valence-electron chi connectivity index (χ2n) is 11.8. The van der Waals surface area contributed by atoms with E-state index in [0.29, 0.717) is 12.8 Å². The Balaban J connectivity index is 1.87. The third-order valence-electron chi connectivity index (χ3n) is 8.11. The van der Waals surface area contributed by atoms with E-state index in [2.05, 4.69) is 0 Å². The van der Waals surface area contributed by atoms with Gasteiger partial charge in [-0.3, -0.25) is 19.2 Å². The average Bonchev–Trinajstić information content (AvgIpc) is 2.75. The summed E-state index contributed by atoms with van der Waals surface area (Å²) >= 11 is 0. The van der Waals surface area contributed by atoms with Gasteiger partial charge in [-0.25, -0.2) is 0 Å². The van der Waals surface area contributed by atoms with E-state index in [1.807, 2.05) is 12.2 Å². The molecule has 2 aliphatic carbocycles. The van der Waals surface area contributed by atoms with Gasteiger partial charge in [0, 0.05) is 23.7 Å². The van der Waals surface area contributed by atoms with Gasteiger partial charge in [0.15, 0.2) is 0 Å². The SMILES string of the molecule is CC(C)(CCCC1CCCC(/C=C\C2CCCC(CCCC(C)(C)C(=O)O)C2=O)C1=O)C(=O)O. The number of rotatable bonds is 12. The molecule has 0 aromatic rings. The molecule has 2 aliphatic rings. The number of allylic oxidation sites excluding steroid dienone is 2. The molecule has 0 spiro atoms. The first-order chi connectivity index (χ1) is 15.8. The van der Waals surface area contributed by atoms with Crippen LogP contribution in [0.25, 0.3) is 0 Å². The number of ketones is 2. The summed E-state index contributed by atoms with van der Waals surface area (Å²) in [6.07, 6.45) is 13.3. The van der Waals surface area contributed by atoms with Gasteiger partial charge in [-0.05, 0) is 79.1 Å². The highest BCUT2D eigenvalue weighted by Gasteiger charge is 2.34. The quantitative estimate of drug-likeness (QED) is 0.331. The number of carbonyl (C=O) groups is 4. The fraction of sp³-hybridized carbons (Fsp3) is 0.786. The zero-order valence-corrected chi connectivity index (χ0v) is 21.5. The molecule has 0 amide bonds. The zero-order chi connectivity index (χ0) is 25.5. The molecule has 2 N–H and O–H groups in total. The lowest BCUT2D eigenvalue weighted by Gasteiger charge is -2.29. The van der Waals surface area contributed by atoms with Crippen LogP contribution in [-0.4, -0.2) is 33.7 Å². The fourth-order valence-corrected chi connectivity index (χ4v) is 5.36. The van der Waals surface area contributed by atoms with Crippen molar-refractivity contribution in [1.82, 2.24) is 0 Å². The van der Waals surface area contributed by atoms with Gasteiger partial charge in [0.1, 0.15) is 11.6 Å². The van der Waals surface area contributed by atoms with E-state index in [-0.39, 0.29) is 35.2 Å². The van der Waals surface area contributed by atoms with Crippen LogP contribution < -0.4 is 0 Å². The van der Waals surface area contributed by atoms with Gasteiger partial charge in [0.05, 0.1) is 10.8 Å². The Labute approximate surface area is 204 Å². The minimum Gasteiger partial charge on any atom is -0.481 e. The maximum absolute atomic E-state index is 13.0. The molecule has 0 aromatic heterocycles. The van der Waals surface area contributed by atoms with Crippen molar-refractivity contribution in [2.45, 2.75) is 105 Å². The van der Waals surface area contributed by atoms with E-state index in [0.717, 1.165) is 64.2 Å². The van der Waals surface area contributed by atoms with Crippen molar-refractivity contribution in [1.29, 1.82) is 0 Å². The highest BCUT2D eigenvalue weighted by atomic mass is 16.4. The van der Waals surface area contributed by atoms with Gasteiger partial charge in [-0.1, -0.05) is 37.8 Å². The monoisotopic (exact) mass is 476 g/mol. The van der Waals surface area contributed by atoms with Gasteiger partial charge in [0.25, 0.3) is 0 Å². The zero-order valence-electron chi connectivity index (χ0n) is 21.5. The Hall–Kier alpha value is -1.98. The molecular weight excluding hydrogens is 432 g/mol. The molecule has 0 aliphatic heterocycles. The van der Waals surface area contributed by atoms with Gasteiger partial charge in [0.2, 0.25) is 0 Å². The normalized spacial score (nSPS) is 26.7. The van der Waals surface area contributed by atoms with Gasteiger partial charge < -0.3 is 10.2 Å². The second-order valence-corrected chi connectivity index (χ2v) is 11.8. The Bertz CT molecular complexity index is 714. The first-order valence-electron chi connectivity index (χ1n) is 13.1. The summed E-state index contributed by atoms with van der Waals surface area (Å²) in [6.45, 7) is 6.91. The maximum atomic E-state index is 13.0. The van der Waals surface area contributed by atoms with Gasteiger partial charge >= 0.3 is 11.9 Å². The lowest BCUT2D eigenvalue weighted by molar-refractivity contribution is -0.148. The van der Waals surface area contributed by atoms with Crippen LogP contribution in [0.3, 0.4) is 0 Å². The van der Waals surface area contributed by atoms with Crippen LogP contribution in [0.15, 0.2) is 12.2 Å². The average molecular weight is 477 g/mol. The molecule has 2 rings (SSSR count). The predicted octanol–water partition coefficient (Wildman–Crippen LogP) is 6.08. The summed E-state index contributed by atoms with van der Waals surface area (Å²) in [5.41, 5.74) is -1.53. The van der Waals surface area contributed by atoms with Crippen molar-refractivity contribution in [3.8, 4) is 0 Å². The Morgan fingerprint density at radius 1 is 0.735 bits per heavy atom. The minimum absolute atomic E-state index is 0.0135. The van der Waals surface area contributed by atoms with E-state index in [1.165, 1.54) is 0 Å². The van der Waals surface area contributed by atoms with Crippen LogP contribution in [0.2, 0.25) is 0 Å². The third kappa shape index (κ3) is 7.78. The van der Waals surface area contributed by atoms with Crippen molar-refractivity contribution in [2.24, 2.45) is 34.5 Å². The topological polar surface area (TPSA) is 109 Å². The number of carboxylic acid groups (broad SMARTS) is 2. The summed E-state index contributed by atoms with van der Waals surface area (Å²) in [7, 11) is 0. The molecular formula is C28H44O6. The summed E-state index contributed by atoms with van der Waals surface area (Å²) in [5, 5.41) is 18.6. The number of carboxylic acids is 2. The summed E-state index contributed by atoms with van der Waals surface area (Å²) < 4.78 is 0. The second kappa shape index (κ2) is 12.1. The number of carbonyl (C=O) groups excluding carboxylic acids is 2. The van der Waals surface area contributed by atoms with Crippen molar-refractivity contribution < 1.29 is 29.4 Å². The molecule has 0 aromatic carbocycles. The van der Waals surface area contributed by atoms with Crippen LogP contribution in [-0.2, 0) is 19.2 Å². The highest BCUT2D eigenvalue weighted by Crippen LogP contribution is 2.35. The Morgan fingerprint density at radius 2 is 1.09 bits per heavy atom. The fourth-order valence-electron chi connectivity index (χ4n) is 5.36. The van der Waals surface area contributed by atoms with E-state index in [9.17, 15) is 29.4 Å². The first kappa shape index (κ1) is 28.3. The van der Waals surface area contributed by atoms with Crippen LogP contribution in [0.1, 0.15) is 105 Å². The van der Waals surface area contributed by atoms with Crippen LogP contribution >= 0.6 is 0 Å². The van der Waals surface area contributed by atoms with Gasteiger partial charge in [-0.2, -0.15) is 0 Å². The summed E-state index contributed by atoms with van der Waals surface area (Å²) in [5.74, 6) is -1.43. The molecule has 0 heterocycles. The highest BCUT2D eigenvalue weighted by molar-refractivity contribution is 5.87. The molecule has 0 bridgehead atoms. The Morgan fingerprint density at radius 3 is 1.41 bits per heavy atom. The number of hydrogen-bond acceptors (Lipinski definition) is 4. The number of hydrogen-bond donors (Lipinski definition) is 2. The van der Waals surface area contributed by atoms with E-state index >= 15 is 0 Å². The molecule has 0 saturated heterocycles. The molecule has 6 nitrogen and oxygen atoms in total. The molecule has 34 heavy (non-hydrogen) atoms. The number of Topliss-reactive ketones (excluding diaryl/α,β-unsaturated/α-hetero) is 2. The molecule has 6 heteroatoms. The minimum atomic E-state index is -0.802. The van der Waals surface area contributed by atoms with Gasteiger partial charge in [-0.15, -0.1) is 0 Å². The maximum Gasteiger partial charge on any atom is 0.309 e. The molecule has 192 valence electrons. The summed E-state index contributed by atoms with van der Waals surface area (Å²) in [6, 6.07) is 0. The standard InChI is InChI=1S/C28H44O6/c1-27(2,25(31)32)17-7-13-19-9-5-11-21(23(19)29)15-16-22-12-6-10-20(24(22)30)14-8-18-28(3,4)26(33)34/h15-16,19-22H,5-14,17-18H2,1-4H3,(H,31,32)(H,33,34)/b16-15-. The molecule has 0 radical (unpaired) electrons. The largest absolute Gasteiger partial charge is 0.481 e. The van der Waals surface area contributed by atoms with Crippen LogP contribution in [0.4, 0.5) is 0 Å².